The van der Waals surface area contributed by atoms with Crippen LogP contribution in [0, 0.1) is 0 Å². The van der Waals surface area contributed by atoms with Crippen LogP contribution in [0.4, 0.5) is 0 Å². The summed E-state index contributed by atoms with van der Waals surface area (Å²) in [6, 6.07) is 0. The van der Waals surface area contributed by atoms with Gasteiger partial charge < -0.3 is 14.6 Å². The molecule has 1 fully saturated rings. The van der Waals surface area contributed by atoms with Crippen molar-refractivity contribution in [2.75, 3.05) is 33.9 Å². The van der Waals surface area contributed by atoms with Crippen LogP contribution in [-0.4, -0.2) is 55.2 Å². The highest BCUT2D eigenvalue weighted by atomic mass is 16.7. The lowest BCUT2D eigenvalue weighted by atomic mass is 9.92. The van der Waals surface area contributed by atoms with E-state index in [4.69, 9.17) is 14.6 Å². The third-order valence-corrected chi connectivity index (χ3v) is 3.19. The van der Waals surface area contributed by atoms with Crippen LogP contribution in [0.5, 0.6) is 0 Å². The Bertz CT molecular complexity index is 182. The number of hydrogen-bond donors (Lipinski definition) is 1. The summed E-state index contributed by atoms with van der Waals surface area (Å²) in [5.41, 5.74) is 0.0231. The summed E-state index contributed by atoms with van der Waals surface area (Å²) < 4.78 is 10.6. The third kappa shape index (κ3) is 2.08. The summed E-state index contributed by atoms with van der Waals surface area (Å²) in [4.78, 5) is 2.26. The van der Waals surface area contributed by atoms with Crippen LogP contribution >= 0.6 is 0 Å². The molecule has 1 saturated heterocycles. The standard InChI is InChI=1S/C10H21NO3/c1-9(2,5-6-12)11-7-10(8-11,13-3)14-4/h12H,5-8H2,1-4H3. The predicted octanol–water partition coefficient (Wildman–Crippen LogP) is 0.452. The first-order chi connectivity index (χ1) is 6.49. The van der Waals surface area contributed by atoms with Crippen LogP contribution in [0.3, 0.4) is 0 Å². The fraction of sp³-hybridized carbons (Fsp3) is 1.00. The van der Waals surface area contributed by atoms with Crippen LogP contribution in [0.1, 0.15) is 20.3 Å². The van der Waals surface area contributed by atoms with Crippen molar-refractivity contribution < 1.29 is 14.6 Å². The molecule has 1 aliphatic heterocycles. The van der Waals surface area contributed by atoms with Gasteiger partial charge in [-0.25, -0.2) is 0 Å². The molecule has 0 aromatic rings. The number of likely N-dealkylation sites (tertiary alicyclic amines) is 1. The van der Waals surface area contributed by atoms with Gasteiger partial charge in [0.1, 0.15) is 0 Å². The van der Waals surface area contributed by atoms with E-state index in [0.29, 0.717) is 0 Å². The second-order valence-electron chi connectivity index (χ2n) is 4.46. The molecule has 0 atom stereocenters. The topological polar surface area (TPSA) is 41.9 Å². The van der Waals surface area contributed by atoms with Gasteiger partial charge in [0, 0.05) is 26.4 Å². The zero-order valence-corrected chi connectivity index (χ0v) is 9.54. The van der Waals surface area contributed by atoms with Crippen molar-refractivity contribution in [3.63, 3.8) is 0 Å². The van der Waals surface area contributed by atoms with E-state index in [1.54, 1.807) is 14.2 Å². The molecular weight excluding hydrogens is 182 g/mol. The van der Waals surface area contributed by atoms with E-state index in [2.05, 4.69) is 18.7 Å². The van der Waals surface area contributed by atoms with Crippen molar-refractivity contribution in [1.29, 1.82) is 0 Å². The van der Waals surface area contributed by atoms with E-state index >= 15 is 0 Å². The number of hydrogen-bond acceptors (Lipinski definition) is 4. The van der Waals surface area contributed by atoms with Gasteiger partial charge in [0.05, 0.1) is 13.1 Å². The Kier molecular flexibility index (Phi) is 3.53. The Balaban J connectivity index is 2.46. The molecule has 1 heterocycles. The molecule has 1 N–H and O–H groups in total. The molecule has 4 heteroatoms. The van der Waals surface area contributed by atoms with Crippen LogP contribution in [0.25, 0.3) is 0 Å². The van der Waals surface area contributed by atoms with Crippen LogP contribution in [0.15, 0.2) is 0 Å². The van der Waals surface area contributed by atoms with Gasteiger partial charge in [-0.1, -0.05) is 0 Å². The van der Waals surface area contributed by atoms with Crippen molar-refractivity contribution >= 4 is 0 Å². The average Bonchev–Trinajstić information content (AvgIpc) is 2.03. The first-order valence-electron chi connectivity index (χ1n) is 4.96. The minimum absolute atomic E-state index is 0.0231. The maximum Gasteiger partial charge on any atom is 0.193 e. The van der Waals surface area contributed by atoms with Gasteiger partial charge in [0.15, 0.2) is 5.79 Å². The Hall–Kier alpha value is -0.160. The smallest absolute Gasteiger partial charge is 0.193 e. The monoisotopic (exact) mass is 203 g/mol. The van der Waals surface area contributed by atoms with E-state index in [9.17, 15) is 0 Å². The van der Waals surface area contributed by atoms with E-state index in [-0.39, 0.29) is 12.1 Å². The van der Waals surface area contributed by atoms with Crippen LogP contribution in [0.2, 0.25) is 0 Å². The van der Waals surface area contributed by atoms with Crippen LogP contribution < -0.4 is 0 Å². The van der Waals surface area contributed by atoms with Crippen molar-refractivity contribution in [2.45, 2.75) is 31.6 Å². The molecule has 0 aromatic heterocycles. The Morgan fingerprint density at radius 2 is 1.79 bits per heavy atom. The zero-order chi connectivity index (χ0) is 10.8. The van der Waals surface area contributed by atoms with Gasteiger partial charge >= 0.3 is 0 Å². The summed E-state index contributed by atoms with van der Waals surface area (Å²) in [5.74, 6) is -0.424. The summed E-state index contributed by atoms with van der Waals surface area (Å²) in [7, 11) is 3.33. The highest BCUT2D eigenvalue weighted by molar-refractivity contribution is 4.97. The number of ether oxygens (including phenoxy) is 2. The van der Waals surface area contributed by atoms with Gasteiger partial charge in [-0.3, -0.25) is 4.90 Å². The fourth-order valence-electron chi connectivity index (χ4n) is 1.74. The molecule has 1 rings (SSSR count). The van der Waals surface area contributed by atoms with Gasteiger partial charge in [0.25, 0.3) is 0 Å². The largest absolute Gasteiger partial charge is 0.396 e. The van der Waals surface area contributed by atoms with E-state index in [0.717, 1.165) is 19.5 Å². The molecule has 0 spiro atoms. The van der Waals surface area contributed by atoms with Gasteiger partial charge in [-0.2, -0.15) is 0 Å². The summed E-state index contributed by atoms with van der Waals surface area (Å²) in [6.07, 6.45) is 0.774. The summed E-state index contributed by atoms with van der Waals surface area (Å²) in [5, 5.41) is 8.93. The molecule has 0 bridgehead atoms. The number of methoxy groups -OCH3 is 2. The van der Waals surface area contributed by atoms with E-state index < -0.39 is 5.79 Å². The molecule has 0 aromatic carbocycles. The zero-order valence-electron chi connectivity index (χ0n) is 9.54. The Morgan fingerprint density at radius 1 is 1.29 bits per heavy atom. The van der Waals surface area contributed by atoms with Gasteiger partial charge in [-0.15, -0.1) is 0 Å². The number of nitrogens with zero attached hydrogens (tertiary/aromatic N) is 1. The Morgan fingerprint density at radius 3 is 2.14 bits per heavy atom. The second kappa shape index (κ2) is 4.14. The van der Waals surface area contributed by atoms with E-state index in [1.165, 1.54) is 0 Å². The predicted molar refractivity (Wildman–Crippen MR) is 54.1 cm³/mol. The fourth-order valence-corrected chi connectivity index (χ4v) is 1.74. The second-order valence-corrected chi connectivity index (χ2v) is 4.46. The molecule has 4 nitrogen and oxygen atoms in total. The average molecular weight is 203 g/mol. The van der Waals surface area contributed by atoms with Crippen molar-refractivity contribution in [3.8, 4) is 0 Å². The molecular formula is C10H21NO3. The molecule has 0 unspecified atom stereocenters. The molecule has 1 aliphatic rings. The summed E-state index contributed by atoms with van der Waals surface area (Å²) >= 11 is 0. The lowest BCUT2D eigenvalue weighted by Crippen LogP contribution is -2.69. The lowest BCUT2D eigenvalue weighted by Gasteiger charge is -2.54. The van der Waals surface area contributed by atoms with Crippen molar-refractivity contribution in [1.82, 2.24) is 4.90 Å². The Labute approximate surface area is 85.8 Å². The maximum atomic E-state index is 8.93. The SMILES string of the molecule is COC1(OC)CN(C(C)(C)CCO)C1. The normalized spacial score (nSPS) is 22.1. The van der Waals surface area contributed by atoms with Crippen molar-refractivity contribution in [2.24, 2.45) is 0 Å². The number of aliphatic hydroxyl groups excluding tert-OH is 1. The minimum atomic E-state index is -0.424. The van der Waals surface area contributed by atoms with E-state index in [1.807, 2.05) is 0 Å². The maximum absolute atomic E-state index is 8.93. The van der Waals surface area contributed by atoms with Gasteiger partial charge in [-0.05, 0) is 20.3 Å². The highest BCUT2D eigenvalue weighted by Crippen LogP contribution is 2.33. The highest BCUT2D eigenvalue weighted by Gasteiger charge is 2.48. The third-order valence-electron chi connectivity index (χ3n) is 3.19. The molecule has 14 heavy (non-hydrogen) atoms. The number of rotatable bonds is 5. The molecule has 0 aliphatic carbocycles. The molecule has 0 amide bonds. The first-order valence-corrected chi connectivity index (χ1v) is 4.96. The lowest BCUT2D eigenvalue weighted by molar-refractivity contribution is -0.290. The number of aliphatic hydroxyl groups is 1. The van der Waals surface area contributed by atoms with Crippen molar-refractivity contribution in [3.05, 3.63) is 0 Å². The first kappa shape index (κ1) is 11.9. The molecule has 0 radical (unpaired) electrons. The summed E-state index contributed by atoms with van der Waals surface area (Å²) in [6.45, 7) is 6.01. The van der Waals surface area contributed by atoms with Gasteiger partial charge in [0.2, 0.25) is 0 Å². The molecule has 0 saturated carbocycles. The minimum Gasteiger partial charge on any atom is -0.396 e. The quantitative estimate of drug-likeness (QED) is 0.659. The molecule has 84 valence electrons. The van der Waals surface area contributed by atoms with Crippen LogP contribution in [-0.2, 0) is 9.47 Å².